The highest BCUT2D eigenvalue weighted by Gasteiger charge is 2.27. The number of hydrogen-bond acceptors (Lipinski definition) is 3. The highest BCUT2D eigenvalue weighted by atomic mass is 16.1. The minimum atomic E-state index is 0.0928. The van der Waals surface area contributed by atoms with Crippen molar-refractivity contribution in [2.45, 2.75) is 32.4 Å². The van der Waals surface area contributed by atoms with Crippen LogP contribution in [0.25, 0.3) is 0 Å². The van der Waals surface area contributed by atoms with Gasteiger partial charge in [0.1, 0.15) is 0 Å². The van der Waals surface area contributed by atoms with Crippen molar-refractivity contribution in [3.05, 3.63) is 66.0 Å². The molecule has 2 heterocycles. The minimum absolute atomic E-state index is 0.0928. The van der Waals surface area contributed by atoms with Gasteiger partial charge in [0.2, 0.25) is 5.91 Å². The standard InChI is InChI=1S/C20H25N3O/c1-16(22-20(24)13-17-7-10-21-11-8-17)19-9-12-23(15-19)14-18-5-3-2-4-6-18/h2-8,10-11,16,19H,9,12-15H2,1H3,(H,22,24)/t16-,19-/m0/s1. The normalized spacial score (nSPS) is 19.1. The number of benzene rings is 1. The molecule has 0 bridgehead atoms. The molecule has 0 aliphatic carbocycles. The molecule has 2 aromatic rings. The molecule has 4 heteroatoms. The number of rotatable bonds is 6. The molecular formula is C20H25N3O. The first-order valence-electron chi connectivity index (χ1n) is 8.65. The number of aromatic nitrogens is 1. The van der Waals surface area contributed by atoms with Gasteiger partial charge in [0, 0.05) is 31.5 Å². The van der Waals surface area contributed by atoms with Gasteiger partial charge in [-0.05, 0) is 49.1 Å². The zero-order valence-corrected chi connectivity index (χ0v) is 14.2. The van der Waals surface area contributed by atoms with Gasteiger partial charge in [0.25, 0.3) is 0 Å². The Bertz CT molecular complexity index is 644. The third-order valence-corrected chi connectivity index (χ3v) is 4.77. The highest BCUT2D eigenvalue weighted by molar-refractivity contribution is 5.78. The summed E-state index contributed by atoms with van der Waals surface area (Å²) in [6, 6.07) is 14.6. The van der Waals surface area contributed by atoms with Crippen LogP contribution < -0.4 is 5.32 Å². The molecule has 2 atom stereocenters. The summed E-state index contributed by atoms with van der Waals surface area (Å²) in [7, 11) is 0. The van der Waals surface area contributed by atoms with Gasteiger partial charge >= 0.3 is 0 Å². The lowest BCUT2D eigenvalue weighted by Crippen LogP contribution is -2.40. The Labute approximate surface area is 143 Å². The van der Waals surface area contributed by atoms with E-state index in [4.69, 9.17) is 0 Å². The number of pyridine rings is 1. The molecule has 0 spiro atoms. The maximum atomic E-state index is 12.2. The molecule has 0 radical (unpaired) electrons. The lowest BCUT2D eigenvalue weighted by Gasteiger charge is -2.22. The van der Waals surface area contributed by atoms with Crippen LogP contribution >= 0.6 is 0 Å². The van der Waals surface area contributed by atoms with Gasteiger partial charge in [-0.25, -0.2) is 0 Å². The Hall–Kier alpha value is -2.20. The van der Waals surface area contributed by atoms with E-state index in [9.17, 15) is 4.79 Å². The second-order valence-corrected chi connectivity index (χ2v) is 6.66. The molecule has 126 valence electrons. The van der Waals surface area contributed by atoms with Gasteiger partial charge in [0.15, 0.2) is 0 Å². The number of nitrogens with one attached hydrogen (secondary N) is 1. The van der Waals surface area contributed by atoms with E-state index >= 15 is 0 Å². The average Bonchev–Trinajstić information content (AvgIpc) is 3.05. The second-order valence-electron chi connectivity index (χ2n) is 6.66. The molecule has 0 saturated carbocycles. The Balaban J connectivity index is 1.46. The van der Waals surface area contributed by atoms with Crippen molar-refractivity contribution in [2.24, 2.45) is 5.92 Å². The summed E-state index contributed by atoms with van der Waals surface area (Å²) in [5.41, 5.74) is 2.36. The average molecular weight is 323 g/mol. The number of carbonyl (C=O) groups is 1. The first kappa shape index (κ1) is 16.7. The smallest absolute Gasteiger partial charge is 0.224 e. The summed E-state index contributed by atoms with van der Waals surface area (Å²) in [5.74, 6) is 0.616. The first-order chi connectivity index (χ1) is 11.7. The van der Waals surface area contributed by atoms with Gasteiger partial charge in [-0.2, -0.15) is 0 Å². The van der Waals surface area contributed by atoms with Crippen molar-refractivity contribution in [3.8, 4) is 0 Å². The Morgan fingerprint density at radius 3 is 2.71 bits per heavy atom. The predicted molar refractivity (Wildman–Crippen MR) is 95.4 cm³/mol. The zero-order valence-electron chi connectivity index (χ0n) is 14.2. The summed E-state index contributed by atoms with van der Waals surface area (Å²) < 4.78 is 0. The fourth-order valence-electron chi connectivity index (χ4n) is 3.36. The largest absolute Gasteiger partial charge is 0.353 e. The van der Waals surface area contributed by atoms with Gasteiger partial charge in [-0.3, -0.25) is 14.7 Å². The van der Waals surface area contributed by atoms with Crippen LogP contribution in [0.2, 0.25) is 0 Å². The Morgan fingerprint density at radius 1 is 1.21 bits per heavy atom. The summed E-state index contributed by atoms with van der Waals surface area (Å²) in [6.45, 7) is 5.27. The summed E-state index contributed by atoms with van der Waals surface area (Å²) in [4.78, 5) is 18.7. The van der Waals surface area contributed by atoms with Crippen LogP contribution in [0.3, 0.4) is 0 Å². The molecule has 1 aromatic carbocycles. The van der Waals surface area contributed by atoms with Crippen LogP contribution in [0.4, 0.5) is 0 Å². The lowest BCUT2D eigenvalue weighted by molar-refractivity contribution is -0.121. The van der Waals surface area contributed by atoms with Crippen molar-refractivity contribution >= 4 is 5.91 Å². The molecule has 24 heavy (non-hydrogen) atoms. The van der Waals surface area contributed by atoms with Crippen LogP contribution in [-0.4, -0.2) is 34.9 Å². The van der Waals surface area contributed by atoms with E-state index < -0.39 is 0 Å². The third-order valence-electron chi connectivity index (χ3n) is 4.77. The maximum absolute atomic E-state index is 12.2. The van der Waals surface area contributed by atoms with Gasteiger partial charge in [-0.1, -0.05) is 30.3 Å². The lowest BCUT2D eigenvalue weighted by atomic mass is 10.0. The van der Waals surface area contributed by atoms with Crippen molar-refractivity contribution in [3.63, 3.8) is 0 Å². The van der Waals surface area contributed by atoms with Crippen LogP contribution in [0.1, 0.15) is 24.5 Å². The molecule has 1 N–H and O–H groups in total. The van der Waals surface area contributed by atoms with Crippen LogP contribution in [0.5, 0.6) is 0 Å². The van der Waals surface area contributed by atoms with Gasteiger partial charge in [0.05, 0.1) is 6.42 Å². The van der Waals surface area contributed by atoms with Crippen molar-refractivity contribution < 1.29 is 4.79 Å². The predicted octanol–water partition coefficient (Wildman–Crippen LogP) is 2.65. The van der Waals surface area contributed by atoms with E-state index in [1.807, 2.05) is 12.1 Å². The van der Waals surface area contributed by atoms with Crippen LogP contribution in [-0.2, 0) is 17.8 Å². The number of carbonyl (C=O) groups excluding carboxylic acids is 1. The molecule has 1 aliphatic heterocycles. The Kier molecular flexibility index (Phi) is 5.59. The Morgan fingerprint density at radius 2 is 1.96 bits per heavy atom. The van der Waals surface area contributed by atoms with Gasteiger partial charge < -0.3 is 5.32 Å². The molecular weight excluding hydrogens is 298 g/mol. The molecule has 0 unspecified atom stereocenters. The summed E-state index contributed by atoms with van der Waals surface area (Å²) in [5, 5.41) is 3.17. The maximum Gasteiger partial charge on any atom is 0.224 e. The number of amides is 1. The quantitative estimate of drug-likeness (QED) is 0.889. The zero-order chi connectivity index (χ0) is 16.8. The highest BCUT2D eigenvalue weighted by Crippen LogP contribution is 2.21. The van der Waals surface area contributed by atoms with E-state index in [-0.39, 0.29) is 11.9 Å². The van der Waals surface area contributed by atoms with E-state index in [2.05, 4.69) is 52.5 Å². The van der Waals surface area contributed by atoms with Crippen molar-refractivity contribution in [2.75, 3.05) is 13.1 Å². The van der Waals surface area contributed by atoms with E-state index in [1.54, 1.807) is 12.4 Å². The van der Waals surface area contributed by atoms with Crippen LogP contribution in [0.15, 0.2) is 54.9 Å². The monoisotopic (exact) mass is 323 g/mol. The fraction of sp³-hybridized carbons (Fsp3) is 0.400. The van der Waals surface area contributed by atoms with E-state index in [1.165, 1.54) is 5.56 Å². The molecule has 1 amide bonds. The van der Waals surface area contributed by atoms with E-state index in [0.717, 1.165) is 31.6 Å². The summed E-state index contributed by atoms with van der Waals surface area (Å²) >= 11 is 0. The van der Waals surface area contributed by atoms with Crippen LogP contribution in [0, 0.1) is 5.92 Å². The van der Waals surface area contributed by atoms with Crippen molar-refractivity contribution in [1.29, 1.82) is 0 Å². The third kappa shape index (κ3) is 4.65. The second kappa shape index (κ2) is 8.06. The summed E-state index contributed by atoms with van der Waals surface area (Å²) in [6.07, 6.45) is 5.02. The molecule has 1 aromatic heterocycles. The van der Waals surface area contributed by atoms with Gasteiger partial charge in [-0.15, -0.1) is 0 Å². The molecule has 4 nitrogen and oxygen atoms in total. The number of hydrogen-bond donors (Lipinski definition) is 1. The SMILES string of the molecule is C[C@H](NC(=O)Cc1ccncc1)[C@H]1CCN(Cc2ccccc2)C1. The topological polar surface area (TPSA) is 45.2 Å². The van der Waals surface area contributed by atoms with Crippen molar-refractivity contribution in [1.82, 2.24) is 15.2 Å². The van der Waals surface area contributed by atoms with E-state index in [0.29, 0.717) is 12.3 Å². The molecule has 3 rings (SSSR count). The molecule has 1 fully saturated rings. The number of likely N-dealkylation sites (tertiary alicyclic amines) is 1. The molecule has 1 aliphatic rings. The molecule has 1 saturated heterocycles. The first-order valence-corrected chi connectivity index (χ1v) is 8.65. The fourth-order valence-corrected chi connectivity index (χ4v) is 3.36. The number of nitrogens with zero attached hydrogens (tertiary/aromatic N) is 2. The minimum Gasteiger partial charge on any atom is -0.353 e.